The molecule has 1 heterocycles. The fourth-order valence-corrected chi connectivity index (χ4v) is 2.77. The van der Waals surface area contributed by atoms with Gasteiger partial charge in [-0.25, -0.2) is 13.6 Å². The van der Waals surface area contributed by atoms with Gasteiger partial charge in [-0.3, -0.25) is 0 Å². The first-order chi connectivity index (χ1) is 9.90. The lowest BCUT2D eigenvalue weighted by atomic mass is 10.3. The Hall–Kier alpha value is -1.45. The lowest BCUT2D eigenvalue weighted by Gasteiger charge is -2.07. The van der Waals surface area contributed by atoms with Gasteiger partial charge >= 0.3 is 0 Å². The summed E-state index contributed by atoms with van der Waals surface area (Å²) >= 11 is 3.23. The van der Waals surface area contributed by atoms with Crippen LogP contribution in [0.5, 0.6) is 5.75 Å². The van der Waals surface area contributed by atoms with E-state index in [1.807, 2.05) is 6.92 Å². The Balaban J connectivity index is 2.06. The minimum atomic E-state index is -3.74. The Kier molecular flexibility index (Phi) is 4.96. The van der Waals surface area contributed by atoms with E-state index in [4.69, 9.17) is 14.4 Å². The molecule has 0 radical (unpaired) electrons. The number of nitrogens with zero attached hydrogens (tertiary/aromatic N) is 2. The maximum atomic E-state index is 11.2. The van der Waals surface area contributed by atoms with Gasteiger partial charge in [0.25, 0.3) is 0 Å². The summed E-state index contributed by atoms with van der Waals surface area (Å²) in [7, 11) is -3.74. The maximum Gasteiger partial charge on any atom is 0.238 e. The van der Waals surface area contributed by atoms with Crippen LogP contribution in [0.2, 0.25) is 0 Å². The Bertz CT molecular complexity index is 730. The molecule has 0 fully saturated rings. The van der Waals surface area contributed by atoms with E-state index >= 15 is 0 Å². The van der Waals surface area contributed by atoms with Crippen molar-refractivity contribution in [1.29, 1.82) is 0 Å². The summed E-state index contributed by atoms with van der Waals surface area (Å²) in [5.41, 5.74) is 0. The first-order valence-corrected chi connectivity index (χ1v) is 8.50. The SMILES string of the molecule is CCCc1nc(COc2ccc(S(N)(=O)=O)cc2Br)no1. The zero-order chi connectivity index (χ0) is 15.5. The number of rotatable bonds is 6. The van der Waals surface area contributed by atoms with Crippen LogP contribution in [-0.4, -0.2) is 18.6 Å². The number of nitrogens with two attached hydrogens (primary N) is 1. The smallest absolute Gasteiger partial charge is 0.238 e. The molecule has 0 unspecified atom stereocenters. The summed E-state index contributed by atoms with van der Waals surface area (Å²) < 4.78 is 33.5. The normalized spacial score (nSPS) is 11.6. The van der Waals surface area contributed by atoms with E-state index in [-0.39, 0.29) is 11.5 Å². The molecule has 0 atom stereocenters. The van der Waals surface area contributed by atoms with Gasteiger partial charge < -0.3 is 9.26 Å². The largest absolute Gasteiger partial charge is 0.484 e. The highest BCUT2D eigenvalue weighted by Gasteiger charge is 2.12. The second-order valence-corrected chi connectivity index (χ2v) is 6.70. The van der Waals surface area contributed by atoms with Crippen molar-refractivity contribution in [1.82, 2.24) is 10.1 Å². The fraction of sp³-hybridized carbons (Fsp3) is 0.333. The average Bonchev–Trinajstić information content (AvgIpc) is 2.84. The number of primary sulfonamides is 1. The standard InChI is InChI=1S/C12H14BrN3O4S/c1-2-3-12-15-11(16-20-12)7-19-10-5-4-8(6-9(10)13)21(14,17)18/h4-6H,2-3,7H2,1H3,(H2,14,17,18). The van der Waals surface area contributed by atoms with Gasteiger partial charge in [0.15, 0.2) is 6.61 Å². The van der Waals surface area contributed by atoms with E-state index in [0.717, 1.165) is 12.8 Å². The van der Waals surface area contributed by atoms with Gasteiger partial charge in [-0.2, -0.15) is 4.98 Å². The third-order valence-corrected chi connectivity index (χ3v) is 4.09. The van der Waals surface area contributed by atoms with E-state index < -0.39 is 10.0 Å². The third-order valence-electron chi connectivity index (χ3n) is 2.56. The lowest BCUT2D eigenvalue weighted by molar-refractivity contribution is 0.283. The van der Waals surface area contributed by atoms with Gasteiger partial charge in [0.2, 0.25) is 21.7 Å². The van der Waals surface area contributed by atoms with E-state index in [2.05, 4.69) is 26.1 Å². The van der Waals surface area contributed by atoms with Crippen molar-refractivity contribution in [3.63, 3.8) is 0 Å². The average molecular weight is 376 g/mol. The third kappa shape index (κ3) is 4.26. The number of aromatic nitrogens is 2. The van der Waals surface area contributed by atoms with Crippen LogP contribution in [0.15, 0.2) is 32.1 Å². The van der Waals surface area contributed by atoms with Crippen molar-refractivity contribution in [3.8, 4) is 5.75 Å². The topological polar surface area (TPSA) is 108 Å². The van der Waals surface area contributed by atoms with Crippen LogP contribution in [0, 0.1) is 0 Å². The van der Waals surface area contributed by atoms with Crippen molar-refractivity contribution < 1.29 is 17.7 Å². The highest BCUT2D eigenvalue weighted by atomic mass is 79.9. The minimum Gasteiger partial charge on any atom is -0.484 e. The number of aryl methyl sites for hydroxylation is 1. The molecule has 2 rings (SSSR count). The molecule has 9 heteroatoms. The molecule has 114 valence electrons. The Morgan fingerprint density at radius 1 is 1.43 bits per heavy atom. The van der Waals surface area contributed by atoms with Crippen LogP contribution in [0.3, 0.4) is 0 Å². The Morgan fingerprint density at radius 3 is 2.81 bits per heavy atom. The monoisotopic (exact) mass is 375 g/mol. The Labute approximate surface area is 130 Å². The van der Waals surface area contributed by atoms with Crippen LogP contribution in [0.25, 0.3) is 0 Å². The molecule has 0 amide bonds. The summed E-state index contributed by atoms with van der Waals surface area (Å²) in [6.07, 6.45) is 1.64. The molecule has 0 bridgehead atoms. The van der Waals surface area contributed by atoms with Crippen LogP contribution < -0.4 is 9.88 Å². The van der Waals surface area contributed by atoms with Crippen molar-refractivity contribution in [3.05, 3.63) is 34.4 Å². The molecule has 0 aliphatic carbocycles. The summed E-state index contributed by atoms with van der Waals surface area (Å²) in [6.45, 7) is 2.14. The van der Waals surface area contributed by atoms with Crippen molar-refractivity contribution in [2.75, 3.05) is 0 Å². The summed E-state index contributed by atoms with van der Waals surface area (Å²) in [4.78, 5) is 4.17. The number of hydrogen-bond acceptors (Lipinski definition) is 6. The number of sulfonamides is 1. The lowest BCUT2D eigenvalue weighted by Crippen LogP contribution is -2.12. The molecule has 2 N–H and O–H groups in total. The fourth-order valence-electron chi connectivity index (χ4n) is 1.58. The van der Waals surface area contributed by atoms with Crippen LogP contribution in [0.4, 0.5) is 0 Å². The molecule has 0 aliphatic rings. The van der Waals surface area contributed by atoms with Crippen LogP contribution >= 0.6 is 15.9 Å². The number of hydrogen-bond donors (Lipinski definition) is 1. The molecule has 1 aromatic carbocycles. The molecular formula is C12H14BrN3O4S. The zero-order valence-electron chi connectivity index (χ0n) is 11.2. The number of ether oxygens (including phenoxy) is 1. The Morgan fingerprint density at radius 2 is 2.19 bits per heavy atom. The predicted molar refractivity (Wildman–Crippen MR) is 78.1 cm³/mol. The first kappa shape index (κ1) is 15.9. The van der Waals surface area contributed by atoms with Crippen LogP contribution in [-0.2, 0) is 23.1 Å². The van der Waals surface area contributed by atoms with Gasteiger partial charge in [-0.05, 0) is 40.5 Å². The second-order valence-electron chi connectivity index (χ2n) is 4.28. The van der Waals surface area contributed by atoms with Crippen molar-refractivity contribution >= 4 is 26.0 Å². The molecule has 2 aromatic rings. The first-order valence-electron chi connectivity index (χ1n) is 6.16. The summed E-state index contributed by atoms with van der Waals surface area (Å²) in [5, 5.41) is 8.84. The van der Waals surface area contributed by atoms with E-state index in [1.165, 1.54) is 18.2 Å². The van der Waals surface area contributed by atoms with Gasteiger partial charge in [-0.1, -0.05) is 12.1 Å². The van der Waals surface area contributed by atoms with Crippen molar-refractivity contribution in [2.24, 2.45) is 5.14 Å². The maximum absolute atomic E-state index is 11.2. The van der Waals surface area contributed by atoms with Gasteiger partial charge in [-0.15, -0.1) is 0 Å². The molecule has 7 nitrogen and oxygen atoms in total. The van der Waals surface area contributed by atoms with E-state index in [0.29, 0.717) is 21.9 Å². The molecule has 0 aliphatic heterocycles. The van der Waals surface area contributed by atoms with Gasteiger partial charge in [0.1, 0.15) is 5.75 Å². The van der Waals surface area contributed by atoms with Gasteiger partial charge in [0, 0.05) is 6.42 Å². The van der Waals surface area contributed by atoms with E-state index in [9.17, 15) is 8.42 Å². The molecule has 0 saturated carbocycles. The number of benzene rings is 1. The highest BCUT2D eigenvalue weighted by molar-refractivity contribution is 9.10. The molecule has 1 aromatic heterocycles. The van der Waals surface area contributed by atoms with E-state index in [1.54, 1.807) is 0 Å². The number of halogens is 1. The zero-order valence-corrected chi connectivity index (χ0v) is 13.6. The minimum absolute atomic E-state index is 0.00604. The highest BCUT2D eigenvalue weighted by Crippen LogP contribution is 2.27. The summed E-state index contributed by atoms with van der Waals surface area (Å²) in [5.74, 6) is 1.46. The van der Waals surface area contributed by atoms with Crippen LogP contribution in [0.1, 0.15) is 25.1 Å². The van der Waals surface area contributed by atoms with Gasteiger partial charge in [0.05, 0.1) is 9.37 Å². The molecule has 0 spiro atoms. The van der Waals surface area contributed by atoms with Crippen molar-refractivity contribution in [2.45, 2.75) is 31.3 Å². The predicted octanol–water partition coefficient (Wildman–Crippen LogP) is 2.01. The second kappa shape index (κ2) is 6.54. The molecular weight excluding hydrogens is 362 g/mol. The quantitative estimate of drug-likeness (QED) is 0.826. The molecule has 0 saturated heterocycles. The molecule has 21 heavy (non-hydrogen) atoms. The summed E-state index contributed by atoms with van der Waals surface area (Å²) in [6, 6.07) is 4.26.